The van der Waals surface area contributed by atoms with Crippen LogP contribution in [0.2, 0.25) is 0 Å². The molecule has 1 fully saturated rings. The highest BCUT2D eigenvalue weighted by atomic mass is 16.7. The number of benzene rings is 1. The Labute approximate surface area is 110 Å². The Kier molecular flexibility index (Phi) is 4.51. The third-order valence-corrected chi connectivity index (χ3v) is 3.23. The smallest absolute Gasteiger partial charge is 0.221 e. The molecule has 0 radical (unpaired) electrons. The highest BCUT2D eigenvalue weighted by Crippen LogP contribution is 2.32. The van der Waals surface area contributed by atoms with E-state index < -0.39 is 37.3 Å². The molecule has 2 rings (SSSR count). The number of aliphatic hydroxyl groups excluding tert-OH is 4. The molecule has 4 atom stereocenters. The van der Waals surface area contributed by atoms with E-state index >= 15 is 0 Å². The quantitative estimate of drug-likeness (QED) is 0.548. The van der Waals surface area contributed by atoms with Gasteiger partial charge in [-0.15, -0.1) is 0 Å². The van der Waals surface area contributed by atoms with E-state index in [9.17, 15) is 15.3 Å². The van der Waals surface area contributed by atoms with Crippen molar-refractivity contribution in [3.63, 3.8) is 0 Å². The molecule has 0 aliphatic carbocycles. The van der Waals surface area contributed by atoms with Crippen LogP contribution in [-0.4, -0.2) is 57.7 Å². The van der Waals surface area contributed by atoms with Crippen LogP contribution in [0.25, 0.3) is 0 Å². The van der Waals surface area contributed by atoms with Gasteiger partial charge in [0.2, 0.25) is 5.79 Å². The zero-order valence-corrected chi connectivity index (χ0v) is 10.3. The Hall–Kier alpha value is -1.02. The van der Waals surface area contributed by atoms with Crippen molar-refractivity contribution in [1.29, 1.82) is 0 Å². The topological polar surface area (TPSA) is 99.4 Å². The van der Waals surface area contributed by atoms with Gasteiger partial charge in [0.25, 0.3) is 0 Å². The van der Waals surface area contributed by atoms with Gasteiger partial charge < -0.3 is 29.9 Å². The molecular formula is C13H18O6. The summed E-state index contributed by atoms with van der Waals surface area (Å²) in [6.45, 7) is -0.966. The van der Waals surface area contributed by atoms with E-state index in [0.29, 0.717) is 0 Å². The lowest BCUT2D eigenvalue weighted by Crippen LogP contribution is -2.48. The van der Waals surface area contributed by atoms with Crippen LogP contribution < -0.4 is 0 Å². The molecule has 0 saturated carbocycles. The fourth-order valence-corrected chi connectivity index (χ4v) is 2.08. The molecule has 0 aromatic heterocycles. The van der Waals surface area contributed by atoms with Crippen molar-refractivity contribution in [2.75, 3.05) is 13.2 Å². The highest BCUT2D eigenvalue weighted by Gasteiger charge is 2.54. The second-order valence-electron chi connectivity index (χ2n) is 4.52. The van der Waals surface area contributed by atoms with Crippen LogP contribution in [0.3, 0.4) is 0 Å². The van der Waals surface area contributed by atoms with Crippen molar-refractivity contribution < 1.29 is 29.9 Å². The zero-order valence-electron chi connectivity index (χ0n) is 10.3. The molecule has 6 heteroatoms. The Morgan fingerprint density at radius 1 is 1.16 bits per heavy atom. The van der Waals surface area contributed by atoms with Gasteiger partial charge in [-0.25, -0.2) is 0 Å². The maximum absolute atomic E-state index is 9.92. The van der Waals surface area contributed by atoms with E-state index in [1.807, 2.05) is 30.3 Å². The van der Waals surface area contributed by atoms with Gasteiger partial charge in [-0.2, -0.15) is 0 Å². The molecule has 1 heterocycles. The molecule has 1 aromatic rings. The molecule has 1 aliphatic rings. The summed E-state index contributed by atoms with van der Waals surface area (Å²) in [5, 5.41) is 38.0. The van der Waals surface area contributed by atoms with Gasteiger partial charge in [0, 0.05) is 0 Å². The Morgan fingerprint density at radius 2 is 1.84 bits per heavy atom. The first-order chi connectivity index (χ1) is 9.13. The van der Waals surface area contributed by atoms with Gasteiger partial charge in [-0.1, -0.05) is 30.3 Å². The van der Waals surface area contributed by atoms with Crippen molar-refractivity contribution in [1.82, 2.24) is 0 Å². The first-order valence-corrected chi connectivity index (χ1v) is 6.06. The van der Waals surface area contributed by atoms with Crippen LogP contribution >= 0.6 is 0 Å². The first kappa shape index (κ1) is 14.4. The molecular weight excluding hydrogens is 252 g/mol. The van der Waals surface area contributed by atoms with Gasteiger partial charge >= 0.3 is 0 Å². The van der Waals surface area contributed by atoms with E-state index in [1.165, 1.54) is 0 Å². The number of ether oxygens (including phenoxy) is 2. The van der Waals surface area contributed by atoms with Crippen molar-refractivity contribution in [2.24, 2.45) is 0 Å². The third-order valence-electron chi connectivity index (χ3n) is 3.23. The van der Waals surface area contributed by atoms with Crippen molar-refractivity contribution in [3.8, 4) is 0 Å². The summed E-state index contributed by atoms with van der Waals surface area (Å²) in [6, 6.07) is 9.18. The second-order valence-corrected chi connectivity index (χ2v) is 4.52. The first-order valence-electron chi connectivity index (χ1n) is 6.06. The highest BCUT2D eigenvalue weighted by molar-refractivity contribution is 5.13. The molecule has 0 bridgehead atoms. The predicted octanol–water partition coefficient (Wildman–Crippen LogP) is -0.995. The Bertz CT molecular complexity index is 397. The molecule has 1 aliphatic heterocycles. The van der Waals surface area contributed by atoms with Gasteiger partial charge in [-0.3, -0.25) is 0 Å². The van der Waals surface area contributed by atoms with Gasteiger partial charge in [0.05, 0.1) is 13.2 Å². The average molecular weight is 270 g/mol. The number of aliphatic hydroxyl groups is 4. The van der Waals surface area contributed by atoms with Crippen LogP contribution in [0.15, 0.2) is 30.3 Å². The minimum atomic E-state index is -1.71. The lowest BCUT2D eigenvalue weighted by Gasteiger charge is -2.30. The van der Waals surface area contributed by atoms with Gasteiger partial charge in [0.15, 0.2) is 0 Å². The van der Waals surface area contributed by atoms with Crippen LogP contribution in [0.5, 0.6) is 0 Å². The maximum atomic E-state index is 9.92. The van der Waals surface area contributed by atoms with Crippen LogP contribution in [0.1, 0.15) is 5.56 Å². The predicted molar refractivity (Wildman–Crippen MR) is 65.0 cm³/mol. The molecule has 1 unspecified atom stereocenters. The molecule has 1 aromatic carbocycles. The lowest BCUT2D eigenvalue weighted by molar-refractivity contribution is -0.281. The largest absolute Gasteiger partial charge is 0.394 e. The lowest BCUT2D eigenvalue weighted by atomic mass is 10.1. The SMILES string of the molecule is OC[C@H]1OC(CO)(OCc2ccccc2)[C@@H](O)[C@@H]1O. The normalized spacial score (nSPS) is 34.6. The monoisotopic (exact) mass is 270 g/mol. The summed E-state index contributed by atoms with van der Waals surface area (Å²) >= 11 is 0. The third kappa shape index (κ3) is 2.79. The minimum absolute atomic E-state index is 0.114. The number of hydrogen-bond acceptors (Lipinski definition) is 6. The van der Waals surface area contributed by atoms with Crippen molar-refractivity contribution in [2.45, 2.75) is 30.7 Å². The molecule has 0 amide bonds. The Balaban J connectivity index is 2.07. The molecule has 0 spiro atoms. The summed E-state index contributed by atoms with van der Waals surface area (Å²) in [4.78, 5) is 0. The van der Waals surface area contributed by atoms with Crippen molar-refractivity contribution >= 4 is 0 Å². The molecule has 4 N–H and O–H groups in total. The van der Waals surface area contributed by atoms with E-state index in [2.05, 4.69) is 0 Å². The standard InChI is InChI=1S/C13H18O6/c14-6-10-11(16)12(17)13(8-15,19-10)18-7-9-4-2-1-3-5-9/h1-5,10-12,14-17H,6-8H2/t10-,11-,12+,13?/m1/s1. The number of rotatable bonds is 5. The molecule has 106 valence electrons. The average Bonchev–Trinajstić information content (AvgIpc) is 2.71. The summed E-state index contributed by atoms with van der Waals surface area (Å²) in [5.41, 5.74) is 0.841. The van der Waals surface area contributed by atoms with Crippen LogP contribution in [-0.2, 0) is 16.1 Å². The zero-order chi connectivity index (χ0) is 13.9. The van der Waals surface area contributed by atoms with E-state index in [-0.39, 0.29) is 6.61 Å². The Morgan fingerprint density at radius 3 is 2.37 bits per heavy atom. The van der Waals surface area contributed by atoms with Gasteiger partial charge in [-0.05, 0) is 5.56 Å². The van der Waals surface area contributed by atoms with E-state index in [1.54, 1.807) is 0 Å². The van der Waals surface area contributed by atoms with Crippen molar-refractivity contribution in [3.05, 3.63) is 35.9 Å². The molecule has 6 nitrogen and oxygen atoms in total. The van der Waals surface area contributed by atoms with E-state index in [4.69, 9.17) is 14.6 Å². The molecule has 19 heavy (non-hydrogen) atoms. The minimum Gasteiger partial charge on any atom is -0.394 e. The van der Waals surface area contributed by atoms with Crippen LogP contribution in [0.4, 0.5) is 0 Å². The summed E-state index contributed by atoms with van der Waals surface area (Å²) in [6.07, 6.45) is -3.69. The number of hydrogen-bond donors (Lipinski definition) is 4. The summed E-state index contributed by atoms with van der Waals surface area (Å²) < 4.78 is 10.7. The second kappa shape index (κ2) is 5.96. The fourth-order valence-electron chi connectivity index (χ4n) is 2.08. The van der Waals surface area contributed by atoms with E-state index in [0.717, 1.165) is 5.56 Å². The fraction of sp³-hybridized carbons (Fsp3) is 0.538. The summed E-state index contributed by atoms with van der Waals surface area (Å²) in [5.74, 6) is -1.71. The molecule has 1 saturated heterocycles. The van der Waals surface area contributed by atoms with Gasteiger partial charge in [0.1, 0.15) is 24.9 Å². The van der Waals surface area contributed by atoms with Crippen LogP contribution in [0, 0.1) is 0 Å². The summed E-state index contributed by atoms with van der Waals surface area (Å²) in [7, 11) is 0. The maximum Gasteiger partial charge on any atom is 0.221 e.